The molecule has 2 aliphatic carbocycles. The molecule has 0 saturated heterocycles. The molecule has 2 bridgehead atoms. The monoisotopic (exact) mass is 419 g/mol. The predicted octanol–water partition coefficient (Wildman–Crippen LogP) is 3.63. The van der Waals surface area contributed by atoms with Crippen LogP contribution in [0.4, 0.5) is 5.13 Å². The Morgan fingerprint density at radius 2 is 1.96 bits per heavy atom. The molecule has 1 heterocycles. The standard InChI is InChI=1S/C20H25N3O3S2/c1-13-2-6-17(7-3-13)28(25,26)9-8-19-22-23-20(27-19)21-18(24)12-16-11-14-4-5-15(16)10-14/h2-3,6-7,14-16H,4-5,8-12H2,1H3,(H,21,23,24)/t14-,15-,16+/m0/s1. The number of nitrogens with zero attached hydrogens (tertiary/aromatic N) is 2. The summed E-state index contributed by atoms with van der Waals surface area (Å²) in [4.78, 5) is 12.6. The van der Waals surface area contributed by atoms with Crippen molar-refractivity contribution in [3.8, 4) is 0 Å². The maximum absolute atomic E-state index is 12.4. The summed E-state index contributed by atoms with van der Waals surface area (Å²) >= 11 is 1.25. The average Bonchev–Trinajstić information content (AvgIpc) is 3.37. The molecule has 2 aromatic rings. The van der Waals surface area contributed by atoms with Crippen molar-refractivity contribution in [2.24, 2.45) is 17.8 Å². The largest absolute Gasteiger partial charge is 0.301 e. The van der Waals surface area contributed by atoms with Gasteiger partial charge < -0.3 is 5.32 Å². The van der Waals surface area contributed by atoms with E-state index in [0.29, 0.717) is 33.3 Å². The van der Waals surface area contributed by atoms with E-state index in [0.717, 1.165) is 11.5 Å². The van der Waals surface area contributed by atoms with E-state index in [1.54, 1.807) is 24.3 Å². The topological polar surface area (TPSA) is 89.0 Å². The quantitative estimate of drug-likeness (QED) is 0.740. The summed E-state index contributed by atoms with van der Waals surface area (Å²) in [6, 6.07) is 6.85. The third kappa shape index (κ3) is 4.43. The number of rotatable bonds is 7. The Morgan fingerprint density at radius 1 is 1.18 bits per heavy atom. The number of nitrogens with one attached hydrogen (secondary N) is 1. The molecule has 2 aliphatic rings. The summed E-state index contributed by atoms with van der Waals surface area (Å²) in [6.45, 7) is 1.92. The second-order valence-corrected chi connectivity index (χ2v) is 11.2. The van der Waals surface area contributed by atoms with E-state index in [1.165, 1.54) is 37.0 Å². The third-order valence-electron chi connectivity index (χ3n) is 6.01. The number of amides is 1. The molecule has 0 radical (unpaired) electrons. The lowest BCUT2D eigenvalue weighted by atomic mass is 9.86. The van der Waals surface area contributed by atoms with Crippen molar-refractivity contribution in [3.05, 3.63) is 34.8 Å². The van der Waals surface area contributed by atoms with Crippen LogP contribution >= 0.6 is 11.3 Å². The molecule has 3 atom stereocenters. The minimum atomic E-state index is -3.36. The van der Waals surface area contributed by atoms with Crippen LogP contribution in [0.15, 0.2) is 29.2 Å². The third-order valence-corrected chi connectivity index (χ3v) is 8.64. The maximum atomic E-state index is 12.4. The number of hydrogen-bond donors (Lipinski definition) is 1. The zero-order chi connectivity index (χ0) is 19.7. The summed E-state index contributed by atoms with van der Waals surface area (Å²) < 4.78 is 24.9. The number of sulfone groups is 1. The molecule has 1 N–H and O–H groups in total. The van der Waals surface area contributed by atoms with Gasteiger partial charge >= 0.3 is 0 Å². The van der Waals surface area contributed by atoms with Crippen LogP contribution in [-0.4, -0.2) is 30.3 Å². The first kappa shape index (κ1) is 19.5. The number of aryl methyl sites for hydroxylation is 2. The summed E-state index contributed by atoms with van der Waals surface area (Å²) in [7, 11) is -3.36. The second kappa shape index (κ2) is 7.91. The molecule has 0 aliphatic heterocycles. The van der Waals surface area contributed by atoms with Crippen molar-refractivity contribution in [1.29, 1.82) is 0 Å². The fraction of sp³-hybridized carbons (Fsp3) is 0.550. The van der Waals surface area contributed by atoms with Crippen molar-refractivity contribution in [1.82, 2.24) is 10.2 Å². The van der Waals surface area contributed by atoms with Gasteiger partial charge in [-0.05, 0) is 56.1 Å². The summed E-state index contributed by atoms with van der Waals surface area (Å²) in [5, 5.41) is 12.0. The van der Waals surface area contributed by atoms with Gasteiger partial charge in [0.2, 0.25) is 11.0 Å². The van der Waals surface area contributed by atoms with Crippen LogP contribution in [0, 0.1) is 24.7 Å². The molecule has 2 saturated carbocycles. The smallest absolute Gasteiger partial charge is 0.226 e. The number of benzene rings is 1. The normalized spacial score (nSPS) is 23.8. The lowest BCUT2D eigenvalue weighted by molar-refractivity contribution is -0.117. The minimum Gasteiger partial charge on any atom is -0.301 e. The molecule has 0 unspecified atom stereocenters. The van der Waals surface area contributed by atoms with Crippen LogP contribution < -0.4 is 5.32 Å². The van der Waals surface area contributed by atoms with Gasteiger partial charge in [-0.1, -0.05) is 35.5 Å². The fourth-order valence-electron chi connectivity index (χ4n) is 4.53. The van der Waals surface area contributed by atoms with Crippen LogP contribution in [0.5, 0.6) is 0 Å². The van der Waals surface area contributed by atoms with Gasteiger partial charge in [0.25, 0.3) is 0 Å². The Labute approximate surface area is 169 Å². The van der Waals surface area contributed by atoms with Gasteiger partial charge in [0, 0.05) is 12.8 Å². The van der Waals surface area contributed by atoms with E-state index in [-0.39, 0.29) is 18.1 Å². The fourth-order valence-corrected chi connectivity index (χ4v) is 6.66. The molecule has 28 heavy (non-hydrogen) atoms. The van der Waals surface area contributed by atoms with E-state index in [1.807, 2.05) is 6.92 Å². The number of fused-ring (bicyclic) bond motifs is 2. The molecule has 1 aromatic heterocycles. The highest BCUT2D eigenvalue weighted by Crippen LogP contribution is 2.49. The first-order valence-electron chi connectivity index (χ1n) is 9.81. The van der Waals surface area contributed by atoms with E-state index in [9.17, 15) is 13.2 Å². The number of anilines is 1. The van der Waals surface area contributed by atoms with Gasteiger partial charge in [0.15, 0.2) is 9.84 Å². The molecule has 6 nitrogen and oxygen atoms in total. The number of aromatic nitrogens is 2. The minimum absolute atomic E-state index is 0.00692. The zero-order valence-electron chi connectivity index (χ0n) is 15.9. The molecule has 8 heteroatoms. The molecule has 2 fully saturated rings. The SMILES string of the molecule is Cc1ccc(S(=O)(=O)CCc2nnc(NC(=O)C[C@H]3C[C@H]4CC[C@H]3C4)s2)cc1. The first-order valence-corrected chi connectivity index (χ1v) is 12.3. The highest BCUT2D eigenvalue weighted by atomic mass is 32.2. The molecule has 150 valence electrons. The Morgan fingerprint density at radius 3 is 2.64 bits per heavy atom. The zero-order valence-corrected chi connectivity index (χ0v) is 17.6. The lowest BCUT2D eigenvalue weighted by Crippen LogP contribution is -2.20. The molecule has 1 amide bonds. The van der Waals surface area contributed by atoms with Crippen LogP contribution in [0.1, 0.15) is 42.7 Å². The number of hydrogen-bond acceptors (Lipinski definition) is 6. The van der Waals surface area contributed by atoms with Crippen LogP contribution in [0.2, 0.25) is 0 Å². The highest BCUT2D eigenvalue weighted by Gasteiger charge is 2.40. The van der Waals surface area contributed by atoms with E-state index in [4.69, 9.17) is 0 Å². The van der Waals surface area contributed by atoms with Gasteiger partial charge in [-0.15, -0.1) is 10.2 Å². The van der Waals surface area contributed by atoms with E-state index >= 15 is 0 Å². The van der Waals surface area contributed by atoms with Crippen molar-refractivity contribution in [2.75, 3.05) is 11.1 Å². The van der Waals surface area contributed by atoms with Crippen LogP contribution in [0.3, 0.4) is 0 Å². The average molecular weight is 420 g/mol. The van der Waals surface area contributed by atoms with Gasteiger partial charge in [-0.3, -0.25) is 4.79 Å². The van der Waals surface area contributed by atoms with Crippen molar-refractivity contribution in [3.63, 3.8) is 0 Å². The van der Waals surface area contributed by atoms with Crippen molar-refractivity contribution >= 4 is 32.2 Å². The molecule has 0 spiro atoms. The van der Waals surface area contributed by atoms with E-state index in [2.05, 4.69) is 15.5 Å². The van der Waals surface area contributed by atoms with Gasteiger partial charge in [0.1, 0.15) is 5.01 Å². The van der Waals surface area contributed by atoms with Gasteiger partial charge in [0.05, 0.1) is 10.6 Å². The molecule has 1 aromatic carbocycles. The van der Waals surface area contributed by atoms with Crippen molar-refractivity contribution < 1.29 is 13.2 Å². The first-order chi connectivity index (χ1) is 13.4. The van der Waals surface area contributed by atoms with Crippen LogP contribution in [-0.2, 0) is 21.1 Å². The summed E-state index contributed by atoms with van der Waals surface area (Å²) in [6.07, 6.45) is 5.90. The Bertz CT molecular complexity index is 953. The Kier molecular flexibility index (Phi) is 5.51. The highest BCUT2D eigenvalue weighted by molar-refractivity contribution is 7.91. The van der Waals surface area contributed by atoms with Crippen molar-refractivity contribution in [2.45, 2.75) is 50.3 Å². The van der Waals surface area contributed by atoms with E-state index < -0.39 is 9.84 Å². The maximum Gasteiger partial charge on any atom is 0.226 e. The predicted molar refractivity (Wildman–Crippen MR) is 109 cm³/mol. The molecular formula is C20H25N3O3S2. The molecule has 4 rings (SSSR count). The number of carbonyl (C=O) groups excluding carboxylic acids is 1. The number of carbonyl (C=O) groups is 1. The lowest BCUT2D eigenvalue weighted by Gasteiger charge is -2.20. The molecular weight excluding hydrogens is 394 g/mol. The van der Waals surface area contributed by atoms with Gasteiger partial charge in [-0.2, -0.15) is 0 Å². The van der Waals surface area contributed by atoms with Gasteiger partial charge in [-0.25, -0.2) is 8.42 Å². The Balaban J connectivity index is 1.29. The second-order valence-electron chi connectivity index (χ2n) is 8.07. The Hall–Kier alpha value is -1.80. The van der Waals surface area contributed by atoms with Crippen LogP contribution in [0.25, 0.3) is 0 Å². The summed E-state index contributed by atoms with van der Waals surface area (Å²) in [5.74, 6) is 2.02. The summed E-state index contributed by atoms with van der Waals surface area (Å²) in [5.41, 5.74) is 1.02.